The van der Waals surface area contributed by atoms with E-state index in [4.69, 9.17) is 0 Å². The van der Waals surface area contributed by atoms with Crippen molar-refractivity contribution >= 4 is 23.9 Å². The highest BCUT2D eigenvalue weighted by Crippen LogP contribution is 2.16. The molecular weight excluding hydrogens is 270 g/mol. The van der Waals surface area contributed by atoms with Crippen LogP contribution in [-0.2, 0) is 9.59 Å². The van der Waals surface area contributed by atoms with Crippen LogP contribution in [0.5, 0.6) is 0 Å². The van der Waals surface area contributed by atoms with Crippen LogP contribution in [0.2, 0.25) is 0 Å². The van der Waals surface area contributed by atoms with Gasteiger partial charge in [-0.1, -0.05) is 30.4 Å². The predicted molar refractivity (Wildman–Crippen MR) is 78.9 cm³/mol. The number of aldehydes is 1. The first-order valence-electron chi connectivity index (χ1n) is 6.73. The van der Waals surface area contributed by atoms with E-state index < -0.39 is 12.1 Å². The van der Waals surface area contributed by atoms with Crippen molar-refractivity contribution in [2.45, 2.75) is 12.5 Å². The van der Waals surface area contributed by atoms with E-state index in [0.717, 1.165) is 4.90 Å². The van der Waals surface area contributed by atoms with Crippen molar-refractivity contribution in [3.8, 4) is 0 Å². The van der Waals surface area contributed by atoms with E-state index in [-0.39, 0.29) is 12.5 Å². The Balaban J connectivity index is 2.22. The minimum Gasteiger partial charge on any atom is -0.331 e. The van der Waals surface area contributed by atoms with Crippen molar-refractivity contribution in [3.63, 3.8) is 0 Å². The van der Waals surface area contributed by atoms with Gasteiger partial charge in [0.1, 0.15) is 6.29 Å². The van der Waals surface area contributed by atoms with E-state index in [0.29, 0.717) is 24.9 Å². The molecule has 1 aliphatic rings. The molecule has 0 fully saturated rings. The molecule has 0 radical (unpaired) electrons. The standard InChI is InChI=1S/C15H17N3O3/c19-11-10-17-15(21)18(12-6-2-1-3-7-12)14(20)13-8-4-5-9-16-13/h1-7,11,13,16H,8-10H2,(H,17,21). The molecule has 0 aromatic heterocycles. The molecule has 6 nitrogen and oxygen atoms in total. The third-order valence-electron chi connectivity index (χ3n) is 3.09. The summed E-state index contributed by atoms with van der Waals surface area (Å²) in [5, 5.41) is 5.46. The van der Waals surface area contributed by atoms with Crippen molar-refractivity contribution in [2.75, 3.05) is 18.0 Å². The van der Waals surface area contributed by atoms with Gasteiger partial charge in [-0.05, 0) is 18.6 Å². The van der Waals surface area contributed by atoms with Gasteiger partial charge in [0.15, 0.2) is 0 Å². The van der Waals surface area contributed by atoms with Crippen LogP contribution in [0.3, 0.4) is 0 Å². The molecule has 0 bridgehead atoms. The number of hydrogen-bond donors (Lipinski definition) is 2. The molecule has 110 valence electrons. The number of hydrogen-bond acceptors (Lipinski definition) is 4. The summed E-state index contributed by atoms with van der Waals surface area (Å²) in [5.74, 6) is -0.339. The largest absolute Gasteiger partial charge is 0.331 e. The highest BCUT2D eigenvalue weighted by molar-refractivity contribution is 6.16. The Morgan fingerprint density at radius 1 is 1.29 bits per heavy atom. The number of para-hydroxylation sites is 1. The second-order valence-electron chi connectivity index (χ2n) is 4.53. The molecule has 21 heavy (non-hydrogen) atoms. The van der Waals surface area contributed by atoms with Crippen molar-refractivity contribution in [3.05, 3.63) is 42.5 Å². The molecule has 0 spiro atoms. The van der Waals surface area contributed by atoms with Gasteiger partial charge in [0.2, 0.25) is 0 Å². The van der Waals surface area contributed by atoms with Gasteiger partial charge >= 0.3 is 6.03 Å². The van der Waals surface area contributed by atoms with E-state index in [1.807, 2.05) is 12.2 Å². The summed E-state index contributed by atoms with van der Waals surface area (Å²) in [7, 11) is 0. The molecule has 0 aliphatic carbocycles. The molecule has 1 aromatic rings. The summed E-state index contributed by atoms with van der Waals surface area (Å²) >= 11 is 0. The zero-order valence-electron chi connectivity index (χ0n) is 11.5. The molecule has 1 heterocycles. The number of benzene rings is 1. The lowest BCUT2D eigenvalue weighted by Crippen LogP contribution is -2.53. The van der Waals surface area contributed by atoms with Gasteiger partial charge in [-0.2, -0.15) is 0 Å². The van der Waals surface area contributed by atoms with Crippen LogP contribution in [0.4, 0.5) is 10.5 Å². The lowest BCUT2D eigenvalue weighted by atomic mass is 10.1. The third kappa shape index (κ3) is 3.76. The smallest absolute Gasteiger partial charge is 0.329 e. The van der Waals surface area contributed by atoms with Crippen molar-refractivity contribution in [1.29, 1.82) is 0 Å². The van der Waals surface area contributed by atoms with Gasteiger partial charge in [-0.25, -0.2) is 9.69 Å². The molecule has 0 saturated carbocycles. The maximum absolute atomic E-state index is 12.6. The summed E-state index contributed by atoms with van der Waals surface area (Å²) in [6.45, 7) is 0.461. The lowest BCUT2D eigenvalue weighted by Gasteiger charge is -2.27. The van der Waals surface area contributed by atoms with Gasteiger partial charge in [0.25, 0.3) is 5.91 Å². The molecule has 2 rings (SSSR count). The molecule has 0 saturated heterocycles. The van der Waals surface area contributed by atoms with Gasteiger partial charge in [0, 0.05) is 6.54 Å². The average molecular weight is 287 g/mol. The number of amides is 3. The molecule has 3 amide bonds. The molecule has 2 N–H and O–H groups in total. The predicted octanol–water partition coefficient (Wildman–Crippen LogP) is 0.846. The van der Waals surface area contributed by atoms with E-state index >= 15 is 0 Å². The van der Waals surface area contributed by atoms with E-state index in [9.17, 15) is 14.4 Å². The number of carbonyl (C=O) groups is 3. The maximum atomic E-state index is 12.6. The van der Waals surface area contributed by atoms with E-state index in [1.54, 1.807) is 30.3 Å². The normalized spacial score (nSPS) is 17.0. The first-order chi connectivity index (χ1) is 10.2. The lowest BCUT2D eigenvalue weighted by molar-refractivity contribution is -0.120. The zero-order chi connectivity index (χ0) is 15.1. The number of urea groups is 1. The summed E-state index contributed by atoms with van der Waals surface area (Å²) in [6, 6.07) is 7.60. The minimum absolute atomic E-state index is 0.132. The van der Waals surface area contributed by atoms with E-state index in [2.05, 4.69) is 10.6 Å². The Hall–Kier alpha value is -2.47. The van der Waals surface area contributed by atoms with Crippen LogP contribution in [0, 0.1) is 0 Å². The fraction of sp³-hybridized carbons (Fsp3) is 0.267. The molecule has 1 aliphatic heterocycles. The van der Waals surface area contributed by atoms with Crippen LogP contribution >= 0.6 is 0 Å². The fourth-order valence-corrected chi connectivity index (χ4v) is 2.08. The SMILES string of the molecule is O=CCNC(=O)N(C(=O)C1CC=CCN1)c1ccccc1. The number of nitrogens with zero attached hydrogens (tertiary/aromatic N) is 1. The summed E-state index contributed by atoms with van der Waals surface area (Å²) in [6.07, 6.45) is 4.95. The molecule has 1 unspecified atom stereocenters. The van der Waals surface area contributed by atoms with Gasteiger partial charge in [-0.3, -0.25) is 4.79 Å². The summed E-state index contributed by atoms with van der Waals surface area (Å²) in [5.41, 5.74) is 0.474. The Kier molecular flexibility index (Phi) is 5.22. The maximum Gasteiger partial charge on any atom is 0.329 e. The van der Waals surface area contributed by atoms with Gasteiger partial charge in [0.05, 0.1) is 18.3 Å². The van der Waals surface area contributed by atoms with Crippen LogP contribution in [-0.4, -0.2) is 37.4 Å². The highest BCUT2D eigenvalue weighted by Gasteiger charge is 2.29. The first-order valence-corrected chi connectivity index (χ1v) is 6.73. The van der Waals surface area contributed by atoms with Crippen LogP contribution in [0.25, 0.3) is 0 Å². The van der Waals surface area contributed by atoms with Gasteiger partial charge in [-0.15, -0.1) is 0 Å². The van der Waals surface area contributed by atoms with Crippen molar-refractivity contribution in [1.82, 2.24) is 10.6 Å². The number of rotatable bonds is 4. The highest BCUT2D eigenvalue weighted by atomic mass is 16.2. The number of anilines is 1. The van der Waals surface area contributed by atoms with Crippen LogP contribution < -0.4 is 15.5 Å². The average Bonchev–Trinajstić information content (AvgIpc) is 2.55. The fourth-order valence-electron chi connectivity index (χ4n) is 2.08. The number of imide groups is 1. The number of carbonyl (C=O) groups excluding carboxylic acids is 3. The van der Waals surface area contributed by atoms with Crippen LogP contribution in [0.15, 0.2) is 42.5 Å². The summed E-state index contributed by atoms with van der Waals surface area (Å²) in [4.78, 5) is 36.2. The number of nitrogens with one attached hydrogen (secondary N) is 2. The van der Waals surface area contributed by atoms with Crippen molar-refractivity contribution < 1.29 is 14.4 Å². The Bertz CT molecular complexity index is 542. The molecular formula is C15H17N3O3. The minimum atomic E-state index is -0.602. The summed E-state index contributed by atoms with van der Waals surface area (Å²) < 4.78 is 0. The van der Waals surface area contributed by atoms with E-state index in [1.165, 1.54) is 0 Å². The Labute approximate surface area is 122 Å². The van der Waals surface area contributed by atoms with Crippen molar-refractivity contribution in [2.24, 2.45) is 0 Å². The molecule has 1 aromatic carbocycles. The van der Waals surface area contributed by atoms with Crippen LogP contribution in [0.1, 0.15) is 6.42 Å². The molecule has 6 heteroatoms. The third-order valence-corrected chi connectivity index (χ3v) is 3.09. The monoisotopic (exact) mass is 287 g/mol. The second kappa shape index (κ2) is 7.35. The second-order valence-corrected chi connectivity index (χ2v) is 4.53. The zero-order valence-corrected chi connectivity index (χ0v) is 11.5. The quantitative estimate of drug-likeness (QED) is 0.635. The van der Waals surface area contributed by atoms with Gasteiger partial charge < -0.3 is 15.4 Å². The molecule has 1 atom stereocenters. The topological polar surface area (TPSA) is 78.5 Å². The Morgan fingerprint density at radius 2 is 2.05 bits per heavy atom. The first kappa shape index (κ1) is 14.9. The Morgan fingerprint density at radius 3 is 2.67 bits per heavy atom.